The largest absolute Gasteiger partial charge is 0.465 e. The summed E-state index contributed by atoms with van der Waals surface area (Å²) in [6.45, 7) is 9.85. The van der Waals surface area contributed by atoms with Crippen LogP contribution in [0.3, 0.4) is 0 Å². The molecule has 5 heteroatoms. The Hall–Kier alpha value is -2.56. The van der Waals surface area contributed by atoms with Crippen molar-refractivity contribution < 1.29 is 14.3 Å². The van der Waals surface area contributed by atoms with Crippen molar-refractivity contribution >= 4 is 22.8 Å². The number of hydrogen-bond acceptors (Lipinski definition) is 3. The molecule has 5 nitrogen and oxygen atoms in total. The molecular weight excluding hydrogens is 352 g/mol. The van der Waals surface area contributed by atoms with E-state index in [2.05, 4.69) is 38.8 Å². The molecule has 1 aliphatic heterocycles. The van der Waals surface area contributed by atoms with Crippen molar-refractivity contribution in [3.63, 3.8) is 0 Å². The van der Waals surface area contributed by atoms with Gasteiger partial charge in [0.1, 0.15) is 0 Å². The molecule has 1 aromatic carbocycles. The Kier molecular flexibility index (Phi) is 4.36. The fraction of sp³-hybridized carbons (Fsp3) is 0.478. The number of ether oxygens (including phenoxy) is 1. The van der Waals surface area contributed by atoms with Crippen molar-refractivity contribution in [1.29, 1.82) is 0 Å². The second kappa shape index (κ2) is 6.50. The number of allylic oxidation sites excluding steroid dienone is 2. The molecule has 1 fully saturated rings. The van der Waals surface area contributed by atoms with Crippen LogP contribution in [0.4, 0.5) is 0 Å². The molecule has 0 saturated heterocycles. The molecular formula is C23H28N2O3. The quantitative estimate of drug-likeness (QED) is 0.645. The molecule has 148 valence electrons. The van der Waals surface area contributed by atoms with E-state index in [0.29, 0.717) is 24.6 Å². The van der Waals surface area contributed by atoms with E-state index >= 15 is 0 Å². The Morgan fingerprint density at radius 2 is 2.04 bits per heavy atom. The second-order valence-electron chi connectivity index (χ2n) is 8.88. The van der Waals surface area contributed by atoms with Gasteiger partial charge in [-0.25, -0.2) is 4.79 Å². The van der Waals surface area contributed by atoms with Crippen LogP contribution in [0.25, 0.3) is 10.9 Å². The maximum absolute atomic E-state index is 13.3. The second-order valence-corrected chi connectivity index (χ2v) is 8.88. The third-order valence-corrected chi connectivity index (χ3v) is 6.42. The number of carbonyl (C=O) groups is 2. The van der Waals surface area contributed by atoms with E-state index in [4.69, 9.17) is 4.74 Å². The lowest BCUT2D eigenvalue weighted by Gasteiger charge is -2.28. The summed E-state index contributed by atoms with van der Waals surface area (Å²) in [5.74, 6) is 0.276. The molecule has 1 amide bonds. The third-order valence-electron chi connectivity index (χ3n) is 6.42. The molecule has 0 radical (unpaired) electrons. The van der Waals surface area contributed by atoms with E-state index in [-0.39, 0.29) is 23.2 Å². The van der Waals surface area contributed by atoms with Gasteiger partial charge in [-0.1, -0.05) is 37.6 Å². The standard InChI is InChI=1S/C23H28N2O3/c1-13(2)11-17-19(23(17,3)4)21(26)25-10-9-18-16(12-25)14-7-6-8-15(20(14)24-18)22(27)28-5/h6-8,11,17,19,24H,9-10,12H2,1-5H3. The van der Waals surface area contributed by atoms with E-state index in [1.807, 2.05) is 17.0 Å². The number of nitrogens with zero attached hydrogens (tertiary/aromatic N) is 1. The number of nitrogens with one attached hydrogen (secondary N) is 1. The number of aromatic amines is 1. The third kappa shape index (κ3) is 2.84. The highest BCUT2D eigenvalue weighted by atomic mass is 16.5. The van der Waals surface area contributed by atoms with Gasteiger partial charge in [0.2, 0.25) is 5.91 Å². The van der Waals surface area contributed by atoms with Gasteiger partial charge in [0.25, 0.3) is 0 Å². The van der Waals surface area contributed by atoms with Crippen molar-refractivity contribution in [1.82, 2.24) is 9.88 Å². The molecule has 2 aromatic rings. The van der Waals surface area contributed by atoms with Crippen molar-refractivity contribution in [2.24, 2.45) is 17.3 Å². The fourth-order valence-electron chi connectivity index (χ4n) is 4.72. The molecule has 2 atom stereocenters. The maximum Gasteiger partial charge on any atom is 0.339 e. The first kappa shape index (κ1) is 18.8. The van der Waals surface area contributed by atoms with E-state index in [0.717, 1.165) is 28.6 Å². The summed E-state index contributed by atoms with van der Waals surface area (Å²) in [6, 6.07) is 5.66. The lowest BCUT2D eigenvalue weighted by molar-refractivity contribution is -0.134. The predicted molar refractivity (Wildman–Crippen MR) is 109 cm³/mol. The van der Waals surface area contributed by atoms with E-state index in [9.17, 15) is 9.59 Å². The number of carbonyl (C=O) groups excluding carboxylic acids is 2. The number of H-pyrrole nitrogens is 1. The molecule has 0 bridgehead atoms. The summed E-state index contributed by atoms with van der Waals surface area (Å²) in [6.07, 6.45) is 3.02. The molecule has 0 spiro atoms. The highest BCUT2D eigenvalue weighted by molar-refractivity contribution is 6.04. The minimum Gasteiger partial charge on any atom is -0.465 e. The van der Waals surface area contributed by atoms with Gasteiger partial charge >= 0.3 is 5.97 Å². The van der Waals surface area contributed by atoms with Gasteiger partial charge in [-0.05, 0) is 31.2 Å². The summed E-state index contributed by atoms with van der Waals surface area (Å²) in [5, 5.41) is 1.01. The summed E-state index contributed by atoms with van der Waals surface area (Å²) in [5.41, 5.74) is 4.87. The molecule has 2 unspecified atom stereocenters. The number of para-hydroxylation sites is 1. The van der Waals surface area contributed by atoms with Crippen LogP contribution >= 0.6 is 0 Å². The van der Waals surface area contributed by atoms with E-state index < -0.39 is 0 Å². The molecule has 2 heterocycles. The van der Waals surface area contributed by atoms with Crippen molar-refractivity contribution in [3.05, 3.63) is 46.7 Å². The molecule has 4 rings (SSSR count). The lowest BCUT2D eigenvalue weighted by Crippen LogP contribution is -2.37. The van der Waals surface area contributed by atoms with Crippen molar-refractivity contribution in [2.45, 2.75) is 40.7 Å². The Labute approximate surface area is 165 Å². The fourth-order valence-corrected chi connectivity index (χ4v) is 4.72. The zero-order valence-electron chi connectivity index (χ0n) is 17.3. The van der Waals surface area contributed by atoms with E-state index in [1.165, 1.54) is 12.7 Å². The van der Waals surface area contributed by atoms with E-state index in [1.54, 1.807) is 6.07 Å². The monoisotopic (exact) mass is 380 g/mol. The van der Waals surface area contributed by atoms with Crippen LogP contribution in [0.1, 0.15) is 49.3 Å². The number of rotatable bonds is 3. The van der Waals surface area contributed by atoms with Crippen LogP contribution in [-0.4, -0.2) is 35.4 Å². The Morgan fingerprint density at radius 1 is 1.29 bits per heavy atom. The molecule has 1 aromatic heterocycles. The number of fused-ring (bicyclic) bond motifs is 3. The Balaban J connectivity index is 1.63. The average molecular weight is 380 g/mol. The predicted octanol–water partition coefficient (Wildman–Crippen LogP) is 4.08. The number of amides is 1. The van der Waals surface area contributed by atoms with Gasteiger partial charge in [0, 0.05) is 36.2 Å². The van der Waals surface area contributed by atoms with Gasteiger partial charge in [-0.3, -0.25) is 4.79 Å². The summed E-state index contributed by atoms with van der Waals surface area (Å²) < 4.78 is 4.91. The first-order valence-corrected chi connectivity index (χ1v) is 9.90. The highest BCUT2D eigenvalue weighted by Crippen LogP contribution is 2.60. The van der Waals surface area contributed by atoms with Crippen molar-refractivity contribution in [3.8, 4) is 0 Å². The molecule has 2 aliphatic rings. The number of methoxy groups -OCH3 is 1. The first-order valence-electron chi connectivity index (χ1n) is 9.90. The lowest BCUT2D eigenvalue weighted by atomic mass is 10.0. The maximum atomic E-state index is 13.3. The number of aromatic nitrogens is 1. The highest BCUT2D eigenvalue weighted by Gasteiger charge is 2.61. The van der Waals surface area contributed by atoms with Crippen LogP contribution in [0.5, 0.6) is 0 Å². The minimum absolute atomic E-state index is 0.0207. The number of esters is 1. The van der Waals surface area contributed by atoms with Gasteiger partial charge < -0.3 is 14.6 Å². The van der Waals surface area contributed by atoms with Crippen LogP contribution in [0.15, 0.2) is 29.8 Å². The summed E-state index contributed by atoms with van der Waals surface area (Å²) in [7, 11) is 1.39. The van der Waals surface area contributed by atoms with Crippen molar-refractivity contribution in [2.75, 3.05) is 13.7 Å². The van der Waals surface area contributed by atoms with Crippen LogP contribution in [-0.2, 0) is 22.5 Å². The smallest absolute Gasteiger partial charge is 0.339 e. The zero-order valence-corrected chi connectivity index (χ0v) is 17.3. The molecule has 1 aliphatic carbocycles. The van der Waals surface area contributed by atoms with Gasteiger partial charge in [0.05, 0.1) is 24.1 Å². The summed E-state index contributed by atoms with van der Waals surface area (Å²) >= 11 is 0. The van der Waals surface area contributed by atoms with Gasteiger partial charge in [0.15, 0.2) is 0 Å². The Morgan fingerprint density at radius 3 is 2.71 bits per heavy atom. The zero-order chi connectivity index (χ0) is 20.2. The summed E-state index contributed by atoms with van der Waals surface area (Å²) in [4.78, 5) is 30.8. The number of hydrogen-bond donors (Lipinski definition) is 1. The molecule has 28 heavy (non-hydrogen) atoms. The topological polar surface area (TPSA) is 62.4 Å². The first-order chi connectivity index (χ1) is 13.3. The normalized spacial score (nSPS) is 22.5. The average Bonchev–Trinajstić information content (AvgIpc) is 3.00. The molecule has 1 N–H and O–H groups in total. The van der Waals surface area contributed by atoms with Crippen LogP contribution in [0, 0.1) is 17.3 Å². The Bertz CT molecular complexity index is 995. The number of benzene rings is 1. The minimum atomic E-state index is -0.346. The van der Waals surface area contributed by atoms with Crippen LogP contribution in [0.2, 0.25) is 0 Å². The van der Waals surface area contributed by atoms with Gasteiger partial charge in [-0.15, -0.1) is 0 Å². The van der Waals surface area contributed by atoms with Crippen LogP contribution < -0.4 is 0 Å². The molecule has 1 saturated carbocycles. The van der Waals surface area contributed by atoms with Gasteiger partial charge in [-0.2, -0.15) is 0 Å². The SMILES string of the molecule is COC(=O)c1cccc2c3c([nH]c12)CCN(C(=O)C1C(C=C(C)C)C1(C)C)C3.